The van der Waals surface area contributed by atoms with Gasteiger partial charge in [-0.2, -0.15) is 5.10 Å². The molecule has 1 aromatic rings. The summed E-state index contributed by atoms with van der Waals surface area (Å²) in [5, 5.41) is 6.93. The van der Waals surface area contributed by atoms with Crippen LogP contribution in [0.15, 0.2) is 0 Å². The van der Waals surface area contributed by atoms with Gasteiger partial charge in [-0.1, -0.05) is 0 Å². The van der Waals surface area contributed by atoms with E-state index in [1.807, 2.05) is 6.92 Å². The molecule has 1 aliphatic carbocycles. The Hall–Kier alpha value is -1.65. The molecule has 0 bridgehead atoms. The zero-order chi connectivity index (χ0) is 13.4. The molecule has 0 saturated heterocycles. The largest absolute Gasteiger partial charge is 0.346 e. The highest BCUT2D eigenvalue weighted by Crippen LogP contribution is 2.32. The van der Waals surface area contributed by atoms with Gasteiger partial charge in [0.15, 0.2) is 0 Å². The SMILES string of the molecule is Cc1nn(C)c(C)c1C(=O)C(=O)NC(C)C1CC1. The summed E-state index contributed by atoms with van der Waals surface area (Å²) in [6.07, 6.45) is 2.28. The summed E-state index contributed by atoms with van der Waals surface area (Å²) in [4.78, 5) is 24.0. The first-order valence-electron chi connectivity index (χ1n) is 6.27. The maximum absolute atomic E-state index is 12.1. The van der Waals surface area contributed by atoms with Crippen molar-refractivity contribution in [2.75, 3.05) is 0 Å². The molecular weight excluding hydrogens is 230 g/mol. The normalized spacial score (nSPS) is 16.4. The van der Waals surface area contributed by atoms with Crippen LogP contribution in [0, 0.1) is 19.8 Å². The second-order valence-corrected chi connectivity index (χ2v) is 5.10. The molecule has 5 heteroatoms. The fraction of sp³-hybridized carbons (Fsp3) is 0.615. The first-order valence-corrected chi connectivity index (χ1v) is 6.27. The van der Waals surface area contributed by atoms with Crippen LogP contribution in [-0.2, 0) is 11.8 Å². The van der Waals surface area contributed by atoms with Crippen molar-refractivity contribution in [1.29, 1.82) is 0 Å². The van der Waals surface area contributed by atoms with Gasteiger partial charge in [-0.25, -0.2) is 0 Å². The summed E-state index contributed by atoms with van der Waals surface area (Å²) >= 11 is 0. The fourth-order valence-corrected chi connectivity index (χ4v) is 2.20. The summed E-state index contributed by atoms with van der Waals surface area (Å²) in [5.74, 6) is -0.461. The van der Waals surface area contributed by atoms with Crippen molar-refractivity contribution in [2.24, 2.45) is 13.0 Å². The van der Waals surface area contributed by atoms with Crippen molar-refractivity contribution in [1.82, 2.24) is 15.1 Å². The van der Waals surface area contributed by atoms with Gasteiger partial charge in [0.05, 0.1) is 11.3 Å². The van der Waals surface area contributed by atoms with E-state index in [0.717, 1.165) is 18.5 Å². The van der Waals surface area contributed by atoms with Crippen molar-refractivity contribution >= 4 is 11.7 Å². The van der Waals surface area contributed by atoms with Crippen LogP contribution in [-0.4, -0.2) is 27.5 Å². The van der Waals surface area contributed by atoms with Gasteiger partial charge < -0.3 is 5.32 Å². The van der Waals surface area contributed by atoms with Crippen molar-refractivity contribution in [3.8, 4) is 0 Å². The van der Waals surface area contributed by atoms with E-state index in [0.29, 0.717) is 17.2 Å². The summed E-state index contributed by atoms with van der Waals surface area (Å²) in [6, 6.07) is 0.0822. The van der Waals surface area contributed by atoms with Crippen LogP contribution < -0.4 is 5.32 Å². The second kappa shape index (κ2) is 4.55. The molecule has 1 saturated carbocycles. The molecule has 5 nitrogen and oxygen atoms in total. The zero-order valence-corrected chi connectivity index (χ0v) is 11.3. The first-order chi connectivity index (χ1) is 8.41. The number of aryl methyl sites for hydroxylation is 2. The van der Waals surface area contributed by atoms with Gasteiger partial charge in [0.25, 0.3) is 11.7 Å². The van der Waals surface area contributed by atoms with Gasteiger partial charge in [0, 0.05) is 18.8 Å². The Balaban J connectivity index is 2.12. The summed E-state index contributed by atoms with van der Waals surface area (Å²) in [6.45, 7) is 5.49. The van der Waals surface area contributed by atoms with Crippen LogP contribution in [0.3, 0.4) is 0 Å². The van der Waals surface area contributed by atoms with Crippen LogP contribution in [0.4, 0.5) is 0 Å². The van der Waals surface area contributed by atoms with E-state index in [2.05, 4.69) is 10.4 Å². The third kappa shape index (κ3) is 2.30. The lowest BCUT2D eigenvalue weighted by Crippen LogP contribution is -2.39. The average molecular weight is 249 g/mol. The number of ketones is 1. The highest BCUT2D eigenvalue weighted by molar-refractivity contribution is 6.43. The van der Waals surface area contributed by atoms with E-state index in [1.165, 1.54) is 0 Å². The van der Waals surface area contributed by atoms with Crippen LogP contribution in [0.1, 0.15) is 41.5 Å². The average Bonchev–Trinajstić information content (AvgIpc) is 3.08. The molecule has 0 aliphatic heterocycles. The van der Waals surface area contributed by atoms with Gasteiger partial charge in [-0.05, 0) is 39.5 Å². The number of nitrogens with one attached hydrogen (secondary N) is 1. The molecule has 2 rings (SSSR count). The van der Waals surface area contributed by atoms with E-state index < -0.39 is 11.7 Å². The third-order valence-electron chi connectivity index (χ3n) is 3.63. The smallest absolute Gasteiger partial charge is 0.292 e. The standard InChI is InChI=1S/C13H19N3O2/c1-7(10-5-6-10)14-13(18)12(17)11-8(2)15-16(4)9(11)3/h7,10H,5-6H2,1-4H3,(H,14,18). The zero-order valence-electron chi connectivity index (χ0n) is 11.3. The number of rotatable bonds is 4. The van der Waals surface area contributed by atoms with Gasteiger partial charge in [0.1, 0.15) is 0 Å². The maximum Gasteiger partial charge on any atom is 0.292 e. The number of Topliss-reactive ketones (excluding diaryl/α,β-unsaturated/α-hetero) is 1. The molecule has 1 amide bonds. The van der Waals surface area contributed by atoms with E-state index in [-0.39, 0.29) is 6.04 Å². The number of carbonyl (C=O) groups excluding carboxylic acids is 2. The first kappa shape index (κ1) is 12.8. The van der Waals surface area contributed by atoms with Crippen molar-refractivity contribution in [2.45, 2.75) is 39.7 Å². The van der Waals surface area contributed by atoms with E-state index >= 15 is 0 Å². The lowest BCUT2D eigenvalue weighted by Gasteiger charge is -2.11. The summed E-state index contributed by atoms with van der Waals surface area (Å²) < 4.78 is 1.63. The molecule has 1 aromatic heterocycles. The Kier molecular flexibility index (Phi) is 3.24. The van der Waals surface area contributed by atoms with Crippen LogP contribution in [0.2, 0.25) is 0 Å². The Morgan fingerprint density at radius 1 is 1.39 bits per heavy atom. The maximum atomic E-state index is 12.1. The Morgan fingerprint density at radius 2 is 2.00 bits per heavy atom. The Bertz CT molecular complexity index is 501. The predicted molar refractivity (Wildman–Crippen MR) is 67.3 cm³/mol. The quantitative estimate of drug-likeness (QED) is 0.642. The molecule has 1 atom stereocenters. The second-order valence-electron chi connectivity index (χ2n) is 5.10. The molecule has 0 aromatic carbocycles. The lowest BCUT2D eigenvalue weighted by molar-refractivity contribution is -0.117. The topological polar surface area (TPSA) is 64.0 Å². The van der Waals surface area contributed by atoms with Gasteiger partial charge in [0.2, 0.25) is 0 Å². The Labute approximate surface area is 107 Å². The molecule has 18 heavy (non-hydrogen) atoms. The number of hydrogen-bond donors (Lipinski definition) is 1. The fourth-order valence-electron chi connectivity index (χ4n) is 2.20. The number of hydrogen-bond acceptors (Lipinski definition) is 3. The molecule has 1 fully saturated rings. The molecule has 1 unspecified atom stereocenters. The van der Waals surface area contributed by atoms with Crippen LogP contribution in [0.5, 0.6) is 0 Å². The molecular formula is C13H19N3O2. The van der Waals surface area contributed by atoms with Crippen molar-refractivity contribution in [3.05, 3.63) is 17.0 Å². The highest BCUT2D eigenvalue weighted by Gasteiger charge is 2.31. The number of aromatic nitrogens is 2. The molecule has 1 heterocycles. The minimum Gasteiger partial charge on any atom is -0.346 e. The van der Waals surface area contributed by atoms with Gasteiger partial charge in [-0.3, -0.25) is 14.3 Å². The molecule has 1 aliphatic rings. The minimum atomic E-state index is -0.520. The highest BCUT2D eigenvalue weighted by atomic mass is 16.2. The van der Waals surface area contributed by atoms with Crippen molar-refractivity contribution in [3.63, 3.8) is 0 Å². The van der Waals surface area contributed by atoms with E-state index in [4.69, 9.17) is 0 Å². The molecule has 1 N–H and O–H groups in total. The number of nitrogens with zero attached hydrogens (tertiary/aromatic N) is 2. The lowest BCUT2D eigenvalue weighted by atomic mass is 10.1. The third-order valence-corrected chi connectivity index (χ3v) is 3.63. The monoisotopic (exact) mass is 249 g/mol. The molecule has 0 radical (unpaired) electrons. The van der Waals surface area contributed by atoms with Crippen molar-refractivity contribution < 1.29 is 9.59 Å². The number of amides is 1. The molecule has 0 spiro atoms. The van der Waals surface area contributed by atoms with Gasteiger partial charge >= 0.3 is 0 Å². The van der Waals surface area contributed by atoms with E-state index in [9.17, 15) is 9.59 Å². The van der Waals surface area contributed by atoms with Gasteiger partial charge in [-0.15, -0.1) is 0 Å². The van der Waals surface area contributed by atoms with Crippen LogP contribution >= 0.6 is 0 Å². The Morgan fingerprint density at radius 3 is 2.44 bits per heavy atom. The number of carbonyl (C=O) groups is 2. The summed E-state index contributed by atoms with van der Waals surface area (Å²) in [5.41, 5.74) is 1.76. The van der Waals surface area contributed by atoms with E-state index in [1.54, 1.807) is 25.6 Å². The molecule has 98 valence electrons. The predicted octanol–water partition coefficient (Wildman–Crippen LogP) is 1.13. The van der Waals surface area contributed by atoms with Crippen LogP contribution in [0.25, 0.3) is 0 Å². The minimum absolute atomic E-state index is 0.0822. The summed E-state index contributed by atoms with van der Waals surface area (Å²) in [7, 11) is 1.77.